The van der Waals surface area contributed by atoms with Crippen molar-refractivity contribution in [3.63, 3.8) is 0 Å². The Morgan fingerprint density at radius 3 is 2.44 bits per heavy atom. The molecule has 0 radical (unpaired) electrons. The molecule has 4 nitrogen and oxygen atoms in total. The predicted octanol–water partition coefficient (Wildman–Crippen LogP) is 1.99. The second kappa shape index (κ2) is 4.87. The maximum atomic E-state index is 11.2. The van der Waals surface area contributed by atoms with Gasteiger partial charge in [0.15, 0.2) is 0 Å². The number of hydrogen-bond donors (Lipinski definition) is 2. The van der Waals surface area contributed by atoms with E-state index < -0.39 is 5.91 Å². The molecule has 2 aromatic rings. The Balaban J connectivity index is 2.44. The van der Waals surface area contributed by atoms with Crippen LogP contribution in [0, 0.1) is 0 Å². The first-order valence-electron chi connectivity index (χ1n) is 5.76. The lowest BCUT2D eigenvalue weighted by molar-refractivity contribution is 0.100. The quantitative estimate of drug-likeness (QED) is 0.862. The molecule has 18 heavy (non-hydrogen) atoms. The number of nitrogens with zero attached hydrogens (tertiary/aromatic N) is 1. The summed E-state index contributed by atoms with van der Waals surface area (Å²) in [4.78, 5) is 15.2. The van der Waals surface area contributed by atoms with Crippen LogP contribution in [0.15, 0.2) is 36.5 Å². The average molecular weight is 241 g/mol. The summed E-state index contributed by atoms with van der Waals surface area (Å²) in [7, 11) is 0. The Kier molecular flexibility index (Phi) is 3.28. The topological polar surface area (TPSA) is 82.0 Å². The molecule has 0 aliphatic heterocycles. The third-order valence-corrected chi connectivity index (χ3v) is 2.88. The zero-order valence-corrected chi connectivity index (χ0v) is 10.2. The molecule has 1 heterocycles. The predicted molar refractivity (Wildman–Crippen MR) is 72.0 cm³/mol. The molecule has 1 aromatic heterocycles. The highest BCUT2D eigenvalue weighted by atomic mass is 16.1. The van der Waals surface area contributed by atoms with Crippen LogP contribution in [0.3, 0.4) is 0 Å². The number of carbonyl (C=O) groups excluding carboxylic acids is 1. The molecular weight excluding hydrogens is 226 g/mol. The van der Waals surface area contributed by atoms with E-state index in [1.54, 1.807) is 12.3 Å². The number of nitrogens with two attached hydrogens (primary N) is 2. The van der Waals surface area contributed by atoms with Crippen molar-refractivity contribution in [2.24, 2.45) is 5.73 Å². The van der Waals surface area contributed by atoms with E-state index in [1.165, 1.54) is 5.56 Å². The maximum Gasteiger partial charge on any atom is 0.252 e. The van der Waals surface area contributed by atoms with Gasteiger partial charge in [0.25, 0.3) is 5.91 Å². The van der Waals surface area contributed by atoms with Gasteiger partial charge in [0.2, 0.25) is 0 Å². The van der Waals surface area contributed by atoms with E-state index in [0.717, 1.165) is 17.5 Å². The van der Waals surface area contributed by atoms with E-state index in [0.29, 0.717) is 0 Å². The fourth-order valence-corrected chi connectivity index (χ4v) is 1.76. The van der Waals surface area contributed by atoms with Crippen molar-refractivity contribution in [1.82, 2.24) is 4.98 Å². The summed E-state index contributed by atoms with van der Waals surface area (Å²) in [5, 5.41) is 0. The summed E-state index contributed by atoms with van der Waals surface area (Å²) >= 11 is 0. The molecule has 2 rings (SSSR count). The van der Waals surface area contributed by atoms with Crippen LogP contribution in [0.25, 0.3) is 11.1 Å². The summed E-state index contributed by atoms with van der Waals surface area (Å²) in [6.07, 6.45) is 2.63. The number of anilines is 1. The molecule has 0 fully saturated rings. The smallest absolute Gasteiger partial charge is 0.252 e. The number of aromatic nitrogens is 1. The van der Waals surface area contributed by atoms with E-state index in [-0.39, 0.29) is 11.4 Å². The molecule has 0 saturated heterocycles. The molecular formula is C14H15N3O. The summed E-state index contributed by atoms with van der Waals surface area (Å²) in [6, 6.07) is 9.77. The van der Waals surface area contributed by atoms with Gasteiger partial charge in [-0.2, -0.15) is 0 Å². The minimum atomic E-state index is -0.563. The number of hydrogen-bond acceptors (Lipinski definition) is 3. The number of amides is 1. The summed E-state index contributed by atoms with van der Waals surface area (Å²) in [6.45, 7) is 2.10. The van der Waals surface area contributed by atoms with Gasteiger partial charge in [0.1, 0.15) is 5.82 Å². The van der Waals surface area contributed by atoms with E-state index >= 15 is 0 Å². The van der Waals surface area contributed by atoms with Gasteiger partial charge in [-0.15, -0.1) is 0 Å². The maximum absolute atomic E-state index is 11.2. The second-order valence-corrected chi connectivity index (χ2v) is 4.07. The fourth-order valence-electron chi connectivity index (χ4n) is 1.76. The molecule has 0 bridgehead atoms. The van der Waals surface area contributed by atoms with Crippen LogP contribution in [-0.4, -0.2) is 10.9 Å². The largest absolute Gasteiger partial charge is 0.383 e. The lowest BCUT2D eigenvalue weighted by Crippen LogP contribution is -2.14. The van der Waals surface area contributed by atoms with Crippen LogP contribution in [0.4, 0.5) is 5.82 Å². The Morgan fingerprint density at radius 2 is 1.89 bits per heavy atom. The van der Waals surface area contributed by atoms with Gasteiger partial charge >= 0.3 is 0 Å². The van der Waals surface area contributed by atoms with Crippen LogP contribution in [-0.2, 0) is 6.42 Å². The first-order chi connectivity index (χ1) is 8.61. The first kappa shape index (κ1) is 12.1. The molecule has 0 atom stereocenters. The highest BCUT2D eigenvalue weighted by Gasteiger charge is 2.09. The van der Waals surface area contributed by atoms with E-state index in [4.69, 9.17) is 11.5 Å². The van der Waals surface area contributed by atoms with Crippen LogP contribution >= 0.6 is 0 Å². The van der Waals surface area contributed by atoms with Crippen molar-refractivity contribution >= 4 is 11.7 Å². The molecule has 0 aliphatic rings. The average Bonchev–Trinajstić information content (AvgIpc) is 2.39. The van der Waals surface area contributed by atoms with Gasteiger partial charge in [-0.3, -0.25) is 4.79 Å². The zero-order chi connectivity index (χ0) is 13.1. The monoisotopic (exact) mass is 241 g/mol. The highest BCUT2D eigenvalue weighted by Crippen LogP contribution is 2.22. The number of carbonyl (C=O) groups is 1. The third kappa shape index (κ3) is 2.32. The van der Waals surface area contributed by atoms with Crippen molar-refractivity contribution < 1.29 is 4.79 Å². The van der Waals surface area contributed by atoms with E-state index in [1.807, 2.05) is 12.1 Å². The van der Waals surface area contributed by atoms with Crippen LogP contribution in [0.5, 0.6) is 0 Å². The molecule has 0 spiro atoms. The normalized spacial score (nSPS) is 10.3. The van der Waals surface area contributed by atoms with Crippen molar-refractivity contribution in [1.29, 1.82) is 0 Å². The van der Waals surface area contributed by atoms with Crippen molar-refractivity contribution in [2.45, 2.75) is 13.3 Å². The minimum Gasteiger partial charge on any atom is -0.383 e. The van der Waals surface area contributed by atoms with Crippen LogP contribution in [0.1, 0.15) is 22.8 Å². The highest BCUT2D eigenvalue weighted by molar-refractivity contribution is 5.98. The van der Waals surface area contributed by atoms with Gasteiger partial charge in [0, 0.05) is 11.8 Å². The Labute approximate surface area is 106 Å². The molecule has 4 N–H and O–H groups in total. The number of primary amides is 1. The van der Waals surface area contributed by atoms with Gasteiger partial charge in [-0.25, -0.2) is 4.98 Å². The molecule has 4 heteroatoms. The standard InChI is InChI=1S/C14H15N3O/c1-2-9-3-5-10(6-4-9)11-7-12(14(16)18)13(15)17-8-11/h3-8H,2H2,1H3,(H2,15,17)(H2,16,18). The summed E-state index contributed by atoms with van der Waals surface area (Å²) < 4.78 is 0. The van der Waals surface area contributed by atoms with Gasteiger partial charge in [-0.1, -0.05) is 31.2 Å². The Morgan fingerprint density at radius 1 is 1.22 bits per heavy atom. The molecule has 0 unspecified atom stereocenters. The first-order valence-corrected chi connectivity index (χ1v) is 5.76. The van der Waals surface area contributed by atoms with Gasteiger partial charge in [0.05, 0.1) is 5.56 Å². The third-order valence-electron chi connectivity index (χ3n) is 2.88. The van der Waals surface area contributed by atoms with Crippen LogP contribution in [0.2, 0.25) is 0 Å². The SMILES string of the molecule is CCc1ccc(-c2cnc(N)c(C(N)=O)c2)cc1. The van der Waals surface area contributed by atoms with Crippen molar-refractivity contribution in [3.8, 4) is 11.1 Å². The lowest BCUT2D eigenvalue weighted by Gasteiger charge is -2.06. The number of nitrogen functional groups attached to an aromatic ring is 1. The zero-order valence-electron chi connectivity index (χ0n) is 10.2. The van der Waals surface area contributed by atoms with Gasteiger partial charge < -0.3 is 11.5 Å². The van der Waals surface area contributed by atoms with Gasteiger partial charge in [-0.05, 0) is 23.6 Å². The number of rotatable bonds is 3. The fraction of sp³-hybridized carbons (Fsp3) is 0.143. The lowest BCUT2D eigenvalue weighted by atomic mass is 10.0. The summed E-state index contributed by atoms with van der Waals surface area (Å²) in [5.41, 5.74) is 14.2. The second-order valence-electron chi connectivity index (χ2n) is 4.07. The minimum absolute atomic E-state index is 0.163. The Hall–Kier alpha value is -2.36. The number of pyridine rings is 1. The molecule has 0 aliphatic carbocycles. The molecule has 92 valence electrons. The Bertz CT molecular complexity index is 576. The molecule has 0 saturated carbocycles. The number of aryl methyl sites for hydroxylation is 1. The van der Waals surface area contributed by atoms with Crippen LogP contribution < -0.4 is 11.5 Å². The van der Waals surface area contributed by atoms with E-state index in [9.17, 15) is 4.79 Å². The van der Waals surface area contributed by atoms with Crippen molar-refractivity contribution in [2.75, 3.05) is 5.73 Å². The molecule has 1 amide bonds. The number of benzene rings is 1. The summed E-state index contributed by atoms with van der Waals surface area (Å²) in [5.74, 6) is -0.400. The van der Waals surface area contributed by atoms with Crippen molar-refractivity contribution in [3.05, 3.63) is 47.7 Å². The molecule has 1 aromatic carbocycles. The van der Waals surface area contributed by atoms with E-state index in [2.05, 4.69) is 24.0 Å².